The Balaban J connectivity index is 2.00. The van der Waals surface area contributed by atoms with Gasteiger partial charge >= 0.3 is 0 Å². The van der Waals surface area contributed by atoms with Crippen LogP contribution in [0.15, 0.2) is 35.0 Å². The number of benzene rings is 1. The lowest BCUT2D eigenvalue weighted by Crippen LogP contribution is -1.97. The predicted molar refractivity (Wildman–Crippen MR) is 65.1 cm³/mol. The van der Waals surface area contributed by atoms with Crippen molar-refractivity contribution in [3.05, 3.63) is 47.2 Å². The van der Waals surface area contributed by atoms with Crippen LogP contribution in [0.2, 0.25) is 5.02 Å². The molecule has 0 spiro atoms. The van der Waals surface area contributed by atoms with E-state index in [0.717, 1.165) is 15.9 Å². The second-order valence-corrected chi connectivity index (χ2v) is 4.32. The van der Waals surface area contributed by atoms with Gasteiger partial charge < -0.3 is 9.09 Å². The lowest BCUT2D eigenvalue weighted by molar-refractivity contribution is 0.369. The largest absolute Gasteiger partial charge is 0.338 e. The summed E-state index contributed by atoms with van der Waals surface area (Å²) in [5, 5.41) is 5.62. The Labute approximate surface area is 103 Å². The summed E-state index contributed by atoms with van der Waals surface area (Å²) in [5.41, 5.74) is 1.10. The van der Waals surface area contributed by atoms with E-state index in [2.05, 4.69) is 14.7 Å². The first-order valence-corrected chi connectivity index (χ1v) is 5.64. The van der Waals surface area contributed by atoms with Crippen LogP contribution in [0.3, 0.4) is 0 Å². The van der Waals surface area contributed by atoms with Gasteiger partial charge in [0, 0.05) is 22.1 Å². The highest BCUT2D eigenvalue weighted by Gasteiger charge is 2.06. The molecule has 86 valence electrons. The van der Waals surface area contributed by atoms with Crippen molar-refractivity contribution in [3.63, 3.8) is 0 Å². The van der Waals surface area contributed by atoms with Crippen LogP contribution in [-0.4, -0.2) is 14.7 Å². The zero-order valence-electron chi connectivity index (χ0n) is 9.22. The molecule has 0 aliphatic carbocycles. The van der Waals surface area contributed by atoms with Crippen LogP contribution >= 0.6 is 11.6 Å². The van der Waals surface area contributed by atoms with Gasteiger partial charge in [0.25, 0.3) is 0 Å². The van der Waals surface area contributed by atoms with E-state index >= 15 is 0 Å². The van der Waals surface area contributed by atoms with Gasteiger partial charge in [-0.15, -0.1) is 0 Å². The van der Waals surface area contributed by atoms with E-state index in [1.54, 1.807) is 6.92 Å². The molecule has 5 heteroatoms. The smallest absolute Gasteiger partial charge is 0.246 e. The molecule has 0 N–H and O–H groups in total. The van der Waals surface area contributed by atoms with Gasteiger partial charge in [-0.3, -0.25) is 0 Å². The summed E-state index contributed by atoms with van der Waals surface area (Å²) < 4.78 is 7.16. The molecule has 2 aromatic heterocycles. The first kappa shape index (κ1) is 10.4. The van der Waals surface area contributed by atoms with Gasteiger partial charge in [0.2, 0.25) is 5.89 Å². The van der Waals surface area contributed by atoms with Gasteiger partial charge in [0.1, 0.15) is 6.54 Å². The minimum absolute atomic E-state index is 0.575. The maximum absolute atomic E-state index is 5.94. The molecular formula is C12H10ClN3O. The molecule has 3 rings (SSSR count). The Morgan fingerprint density at radius 2 is 2.24 bits per heavy atom. The number of aromatic nitrogens is 3. The van der Waals surface area contributed by atoms with Crippen molar-refractivity contribution in [1.29, 1.82) is 0 Å². The molecule has 0 unspecified atom stereocenters. The molecule has 3 aromatic rings. The van der Waals surface area contributed by atoms with Crippen LogP contribution in [0.5, 0.6) is 0 Å². The number of halogens is 1. The van der Waals surface area contributed by atoms with E-state index in [4.69, 9.17) is 16.1 Å². The fraction of sp³-hybridized carbons (Fsp3) is 0.167. The summed E-state index contributed by atoms with van der Waals surface area (Å²) in [4.78, 5) is 4.19. The zero-order valence-corrected chi connectivity index (χ0v) is 9.98. The van der Waals surface area contributed by atoms with Gasteiger partial charge in [0.15, 0.2) is 5.82 Å². The van der Waals surface area contributed by atoms with E-state index in [1.807, 2.05) is 30.5 Å². The molecule has 2 heterocycles. The van der Waals surface area contributed by atoms with Crippen LogP contribution in [0, 0.1) is 6.92 Å². The summed E-state index contributed by atoms with van der Waals surface area (Å²) >= 11 is 5.94. The van der Waals surface area contributed by atoms with Gasteiger partial charge in [-0.2, -0.15) is 4.98 Å². The van der Waals surface area contributed by atoms with Gasteiger partial charge in [-0.25, -0.2) is 0 Å². The molecule has 0 radical (unpaired) electrons. The third-order valence-corrected chi connectivity index (χ3v) is 2.84. The lowest BCUT2D eigenvalue weighted by atomic mass is 10.2. The van der Waals surface area contributed by atoms with Crippen LogP contribution in [0.25, 0.3) is 10.9 Å². The number of fused-ring (bicyclic) bond motifs is 1. The van der Waals surface area contributed by atoms with Crippen LogP contribution < -0.4 is 0 Å². The molecule has 0 fully saturated rings. The summed E-state index contributed by atoms with van der Waals surface area (Å²) in [6.07, 6.45) is 1.99. The molecule has 0 bridgehead atoms. The summed E-state index contributed by atoms with van der Waals surface area (Å²) in [5.74, 6) is 1.26. The average Bonchev–Trinajstić information content (AvgIpc) is 2.86. The topological polar surface area (TPSA) is 43.9 Å². The minimum Gasteiger partial charge on any atom is -0.338 e. The summed E-state index contributed by atoms with van der Waals surface area (Å²) in [6, 6.07) is 7.82. The highest BCUT2D eigenvalue weighted by Crippen LogP contribution is 2.21. The SMILES string of the molecule is Cc1noc(Cn2ccc3cc(Cl)ccc32)n1. The number of hydrogen-bond donors (Lipinski definition) is 0. The van der Waals surface area contributed by atoms with Gasteiger partial charge in [0.05, 0.1) is 0 Å². The standard InChI is InChI=1S/C12H10ClN3O/c1-8-14-12(17-15-8)7-16-5-4-9-6-10(13)2-3-11(9)16/h2-6H,7H2,1H3. The average molecular weight is 248 g/mol. The molecule has 0 aliphatic heterocycles. The maximum atomic E-state index is 5.94. The second kappa shape index (κ2) is 3.89. The van der Waals surface area contributed by atoms with Crippen LogP contribution in [-0.2, 0) is 6.54 Å². The molecule has 0 saturated carbocycles. The van der Waals surface area contributed by atoms with Crippen molar-refractivity contribution >= 4 is 22.5 Å². The van der Waals surface area contributed by atoms with Crippen molar-refractivity contribution in [2.45, 2.75) is 13.5 Å². The monoisotopic (exact) mass is 247 g/mol. The lowest BCUT2D eigenvalue weighted by Gasteiger charge is -2.01. The Morgan fingerprint density at radius 1 is 1.35 bits per heavy atom. The van der Waals surface area contributed by atoms with Crippen molar-refractivity contribution in [2.24, 2.45) is 0 Å². The van der Waals surface area contributed by atoms with Crippen molar-refractivity contribution in [2.75, 3.05) is 0 Å². The quantitative estimate of drug-likeness (QED) is 0.699. The third kappa shape index (κ3) is 1.91. The van der Waals surface area contributed by atoms with E-state index in [-0.39, 0.29) is 0 Å². The molecule has 17 heavy (non-hydrogen) atoms. The molecule has 1 aromatic carbocycles. The number of aryl methyl sites for hydroxylation is 1. The van der Waals surface area contributed by atoms with Crippen LogP contribution in [0.4, 0.5) is 0 Å². The van der Waals surface area contributed by atoms with E-state index < -0.39 is 0 Å². The molecule has 0 amide bonds. The van der Waals surface area contributed by atoms with E-state index in [1.165, 1.54) is 0 Å². The normalized spacial score (nSPS) is 11.2. The Hall–Kier alpha value is -1.81. The Morgan fingerprint density at radius 3 is 3.00 bits per heavy atom. The first-order valence-electron chi connectivity index (χ1n) is 5.26. The molecule has 0 saturated heterocycles. The van der Waals surface area contributed by atoms with E-state index in [0.29, 0.717) is 18.3 Å². The van der Waals surface area contributed by atoms with Gasteiger partial charge in [-0.05, 0) is 31.2 Å². The predicted octanol–water partition coefficient (Wildman–Crippen LogP) is 3.03. The minimum atomic E-state index is 0.575. The fourth-order valence-electron chi connectivity index (χ4n) is 1.86. The zero-order chi connectivity index (χ0) is 11.8. The third-order valence-electron chi connectivity index (χ3n) is 2.61. The molecule has 4 nitrogen and oxygen atoms in total. The summed E-state index contributed by atoms with van der Waals surface area (Å²) in [6.45, 7) is 2.38. The first-order chi connectivity index (χ1) is 8.22. The van der Waals surface area contributed by atoms with Crippen molar-refractivity contribution < 1.29 is 4.52 Å². The second-order valence-electron chi connectivity index (χ2n) is 3.88. The van der Waals surface area contributed by atoms with Crippen molar-refractivity contribution in [1.82, 2.24) is 14.7 Å². The number of nitrogens with zero attached hydrogens (tertiary/aromatic N) is 3. The Bertz CT molecular complexity index is 671. The maximum Gasteiger partial charge on any atom is 0.246 e. The summed E-state index contributed by atoms with van der Waals surface area (Å²) in [7, 11) is 0. The Kier molecular flexibility index (Phi) is 2.37. The number of hydrogen-bond acceptors (Lipinski definition) is 3. The van der Waals surface area contributed by atoms with Gasteiger partial charge in [-0.1, -0.05) is 16.8 Å². The highest BCUT2D eigenvalue weighted by atomic mass is 35.5. The van der Waals surface area contributed by atoms with Crippen molar-refractivity contribution in [3.8, 4) is 0 Å². The molecule has 0 aliphatic rings. The number of rotatable bonds is 2. The molecule has 0 atom stereocenters. The fourth-order valence-corrected chi connectivity index (χ4v) is 2.04. The van der Waals surface area contributed by atoms with Crippen LogP contribution in [0.1, 0.15) is 11.7 Å². The highest BCUT2D eigenvalue weighted by molar-refractivity contribution is 6.31. The van der Waals surface area contributed by atoms with E-state index in [9.17, 15) is 0 Å². The molecular weight excluding hydrogens is 238 g/mol.